The fraction of sp³-hybridized carbons (Fsp3) is 0.462. The van der Waals surface area contributed by atoms with E-state index in [9.17, 15) is 0 Å². The van der Waals surface area contributed by atoms with E-state index >= 15 is 0 Å². The predicted octanol–water partition coefficient (Wildman–Crippen LogP) is 2.33. The lowest BCUT2D eigenvalue weighted by Gasteiger charge is -2.42. The Hall–Kier alpha value is -1.35. The highest BCUT2D eigenvalue weighted by Crippen LogP contribution is 2.46. The molecule has 0 radical (unpaired) electrons. The summed E-state index contributed by atoms with van der Waals surface area (Å²) in [6.45, 7) is 0.779. The van der Waals surface area contributed by atoms with Gasteiger partial charge in [0, 0.05) is 0 Å². The molecule has 84 valence electrons. The fourth-order valence-electron chi connectivity index (χ4n) is 2.83. The first-order chi connectivity index (χ1) is 7.84. The molecule has 0 unspecified atom stereocenters. The van der Waals surface area contributed by atoms with Crippen molar-refractivity contribution < 1.29 is 0 Å². The van der Waals surface area contributed by atoms with Gasteiger partial charge in [-0.05, 0) is 48.9 Å². The molecule has 1 saturated carbocycles. The van der Waals surface area contributed by atoms with Crippen LogP contribution in [0.25, 0.3) is 11.0 Å². The van der Waals surface area contributed by atoms with Crippen LogP contribution in [-0.4, -0.2) is 16.5 Å². The molecule has 16 heavy (non-hydrogen) atoms. The highest BCUT2D eigenvalue weighted by Gasteiger charge is 2.37. The molecule has 0 atom stereocenters. The maximum Gasteiger partial charge on any atom is 0.0931 e. The van der Waals surface area contributed by atoms with E-state index < -0.39 is 0 Å². The van der Waals surface area contributed by atoms with E-state index in [4.69, 9.17) is 5.73 Å². The van der Waals surface area contributed by atoms with E-state index in [-0.39, 0.29) is 0 Å². The number of nitrogens with zero attached hydrogens (tertiary/aromatic N) is 1. The number of aromatic amines is 1. The first-order valence-corrected chi connectivity index (χ1v) is 5.98. The molecule has 1 aliphatic carbocycles. The van der Waals surface area contributed by atoms with Crippen molar-refractivity contribution in [3.8, 4) is 0 Å². The summed E-state index contributed by atoms with van der Waals surface area (Å²) in [4.78, 5) is 7.43. The molecule has 1 fully saturated rings. The minimum Gasteiger partial charge on any atom is -0.345 e. The zero-order valence-electron chi connectivity index (χ0n) is 9.37. The third-order valence-electron chi connectivity index (χ3n) is 3.97. The number of rotatable bonds is 3. The molecular weight excluding hydrogens is 198 g/mol. The molecule has 0 saturated heterocycles. The summed E-state index contributed by atoms with van der Waals surface area (Å²) in [7, 11) is 0. The van der Waals surface area contributed by atoms with Gasteiger partial charge in [-0.15, -0.1) is 0 Å². The molecule has 0 bridgehead atoms. The van der Waals surface area contributed by atoms with Crippen molar-refractivity contribution in [2.24, 2.45) is 5.73 Å². The van der Waals surface area contributed by atoms with Crippen LogP contribution in [0.3, 0.4) is 0 Å². The van der Waals surface area contributed by atoms with Gasteiger partial charge in [-0.25, -0.2) is 4.98 Å². The van der Waals surface area contributed by atoms with Crippen LogP contribution in [0.5, 0.6) is 0 Å². The van der Waals surface area contributed by atoms with Gasteiger partial charge < -0.3 is 10.7 Å². The van der Waals surface area contributed by atoms with E-state index in [1.807, 2.05) is 0 Å². The molecule has 1 aromatic heterocycles. The van der Waals surface area contributed by atoms with E-state index in [0.29, 0.717) is 5.41 Å². The van der Waals surface area contributed by atoms with E-state index in [1.165, 1.54) is 24.8 Å². The van der Waals surface area contributed by atoms with Gasteiger partial charge in [-0.1, -0.05) is 12.5 Å². The van der Waals surface area contributed by atoms with Gasteiger partial charge in [0.2, 0.25) is 0 Å². The Morgan fingerprint density at radius 1 is 1.38 bits per heavy atom. The highest BCUT2D eigenvalue weighted by atomic mass is 14.9. The molecule has 2 aromatic rings. The molecule has 0 amide bonds. The minimum absolute atomic E-state index is 0.355. The van der Waals surface area contributed by atoms with Crippen LogP contribution >= 0.6 is 0 Å². The van der Waals surface area contributed by atoms with Gasteiger partial charge in [-0.3, -0.25) is 0 Å². The number of fused-ring (bicyclic) bond motifs is 1. The van der Waals surface area contributed by atoms with E-state index in [0.717, 1.165) is 24.0 Å². The summed E-state index contributed by atoms with van der Waals surface area (Å²) in [5, 5.41) is 0. The van der Waals surface area contributed by atoms with Crippen molar-refractivity contribution in [2.45, 2.75) is 31.1 Å². The first-order valence-electron chi connectivity index (χ1n) is 5.98. The number of H-pyrrole nitrogens is 1. The van der Waals surface area contributed by atoms with Crippen LogP contribution in [0.4, 0.5) is 0 Å². The van der Waals surface area contributed by atoms with Crippen LogP contribution in [-0.2, 0) is 5.41 Å². The van der Waals surface area contributed by atoms with Gasteiger partial charge >= 0.3 is 0 Å². The summed E-state index contributed by atoms with van der Waals surface area (Å²) in [5.41, 5.74) is 9.71. The van der Waals surface area contributed by atoms with Crippen molar-refractivity contribution in [1.82, 2.24) is 9.97 Å². The molecule has 3 rings (SSSR count). The third-order valence-corrected chi connectivity index (χ3v) is 3.97. The molecule has 0 aliphatic heterocycles. The Morgan fingerprint density at radius 3 is 2.94 bits per heavy atom. The molecule has 3 nitrogen and oxygen atoms in total. The normalized spacial score (nSPS) is 18.6. The Morgan fingerprint density at radius 2 is 2.25 bits per heavy atom. The maximum atomic E-state index is 5.73. The predicted molar refractivity (Wildman–Crippen MR) is 65.3 cm³/mol. The number of nitrogens with one attached hydrogen (secondary N) is 1. The van der Waals surface area contributed by atoms with Crippen LogP contribution in [0, 0.1) is 0 Å². The van der Waals surface area contributed by atoms with Gasteiger partial charge in [-0.2, -0.15) is 0 Å². The zero-order valence-corrected chi connectivity index (χ0v) is 9.37. The van der Waals surface area contributed by atoms with Gasteiger partial charge in [0.15, 0.2) is 0 Å². The molecule has 1 aliphatic rings. The number of benzene rings is 1. The summed E-state index contributed by atoms with van der Waals surface area (Å²) < 4.78 is 0. The first kappa shape index (κ1) is 9.85. The van der Waals surface area contributed by atoms with E-state index in [2.05, 4.69) is 28.2 Å². The fourth-order valence-corrected chi connectivity index (χ4v) is 2.83. The molecule has 3 heteroatoms. The lowest BCUT2D eigenvalue weighted by atomic mass is 9.62. The summed E-state index contributed by atoms with van der Waals surface area (Å²) in [5.74, 6) is 0. The standard InChI is InChI=1S/C13H17N3/c14-7-6-13(4-1-5-13)10-2-3-11-12(8-10)16-9-15-11/h2-3,8-9H,1,4-7,14H2,(H,15,16). The zero-order chi connectivity index (χ0) is 11.0. The van der Waals surface area contributed by atoms with Crippen molar-refractivity contribution >= 4 is 11.0 Å². The summed E-state index contributed by atoms with van der Waals surface area (Å²) in [6, 6.07) is 6.58. The molecule has 0 spiro atoms. The van der Waals surface area contributed by atoms with Crippen LogP contribution in [0.1, 0.15) is 31.2 Å². The Labute approximate surface area is 95.1 Å². The smallest absolute Gasteiger partial charge is 0.0931 e. The van der Waals surface area contributed by atoms with Crippen molar-refractivity contribution in [3.63, 3.8) is 0 Å². The van der Waals surface area contributed by atoms with Crippen molar-refractivity contribution in [1.29, 1.82) is 0 Å². The average Bonchev–Trinajstić information content (AvgIpc) is 2.70. The quantitative estimate of drug-likeness (QED) is 0.825. The molecule has 1 heterocycles. The van der Waals surface area contributed by atoms with Gasteiger partial charge in [0.1, 0.15) is 0 Å². The maximum absolute atomic E-state index is 5.73. The summed E-state index contributed by atoms with van der Waals surface area (Å²) in [6.07, 6.45) is 6.76. The topological polar surface area (TPSA) is 54.7 Å². The number of nitrogens with two attached hydrogens (primary N) is 1. The highest BCUT2D eigenvalue weighted by molar-refractivity contribution is 5.75. The minimum atomic E-state index is 0.355. The number of imidazole rings is 1. The Balaban J connectivity index is 2.03. The van der Waals surface area contributed by atoms with Crippen molar-refractivity contribution in [2.75, 3.05) is 6.54 Å². The second-order valence-corrected chi connectivity index (χ2v) is 4.81. The molecular formula is C13H17N3. The Kier molecular flexibility index (Phi) is 2.21. The van der Waals surface area contributed by atoms with Crippen LogP contribution < -0.4 is 5.73 Å². The largest absolute Gasteiger partial charge is 0.345 e. The second kappa shape index (κ2) is 3.59. The number of hydrogen-bond acceptors (Lipinski definition) is 2. The van der Waals surface area contributed by atoms with Crippen LogP contribution in [0.15, 0.2) is 24.5 Å². The monoisotopic (exact) mass is 215 g/mol. The SMILES string of the molecule is NCCC1(c2ccc3nc[nH]c3c2)CCC1. The molecule has 1 aromatic carbocycles. The lowest BCUT2D eigenvalue weighted by Crippen LogP contribution is -2.36. The number of hydrogen-bond donors (Lipinski definition) is 2. The van der Waals surface area contributed by atoms with E-state index in [1.54, 1.807) is 6.33 Å². The second-order valence-electron chi connectivity index (χ2n) is 4.81. The Bertz CT molecular complexity index is 497. The lowest BCUT2D eigenvalue weighted by molar-refractivity contribution is 0.229. The van der Waals surface area contributed by atoms with Gasteiger partial charge in [0.05, 0.1) is 17.4 Å². The van der Waals surface area contributed by atoms with Gasteiger partial charge in [0.25, 0.3) is 0 Å². The average molecular weight is 215 g/mol. The third kappa shape index (κ3) is 1.35. The molecule has 3 N–H and O–H groups in total. The van der Waals surface area contributed by atoms with Crippen LogP contribution in [0.2, 0.25) is 0 Å². The van der Waals surface area contributed by atoms with Crippen molar-refractivity contribution in [3.05, 3.63) is 30.1 Å². The summed E-state index contributed by atoms with van der Waals surface area (Å²) >= 11 is 0. The number of aromatic nitrogens is 2.